The Kier molecular flexibility index (Phi) is 7.39. The Balaban J connectivity index is 1.98. The number of carbonyl (C=O) groups excluding carboxylic acids is 3. The molecule has 2 heterocycles. The van der Waals surface area contributed by atoms with E-state index in [1.54, 1.807) is 0 Å². The van der Waals surface area contributed by atoms with Crippen molar-refractivity contribution in [3.8, 4) is 5.75 Å². The topological polar surface area (TPSA) is 113 Å². The van der Waals surface area contributed by atoms with Gasteiger partial charge in [0.05, 0.1) is 16.3 Å². The highest BCUT2D eigenvalue weighted by atomic mass is 35.5. The van der Waals surface area contributed by atoms with Crippen molar-refractivity contribution in [2.75, 3.05) is 36.8 Å². The molecule has 0 unspecified atom stereocenters. The molecular formula is C20H19ClF3N5O4. The van der Waals surface area contributed by atoms with E-state index in [1.165, 1.54) is 36.2 Å². The first-order chi connectivity index (χ1) is 15.5. The number of amides is 3. The fourth-order valence-corrected chi connectivity index (χ4v) is 3.10. The summed E-state index contributed by atoms with van der Waals surface area (Å²) in [6.45, 7) is 3.21. The van der Waals surface area contributed by atoms with Crippen LogP contribution in [0.25, 0.3) is 0 Å². The van der Waals surface area contributed by atoms with E-state index < -0.39 is 29.8 Å². The van der Waals surface area contributed by atoms with Gasteiger partial charge in [0.2, 0.25) is 0 Å². The zero-order valence-electron chi connectivity index (χ0n) is 17.3. The average Bonchev–Trinajstić information content (AvgIpc) is 2.76. The lowest BCUT2D eigenvalue weighted by molar-refractivity contribution is -0.189. The number of nitrogens with zero attached hydrogens (tertiary/aromatic N) is 2. The van der Waals surface area contributed by atoms with Crippen LogP contribution in [0.3, 0.4) is 0 Å². The number of hydrogen-bond acceptors (Lipinski definition) is 6. The molecule has 1 saturated heterocycles. The SMILES string of the molecule is Cc1cc(OC(=O)C(F)(F)F)c(NC(=O)N2CCNCC2)c(C(=O)Nc2ccc(Cl)cn2)c1. The monoisotopic (exact) mass is 485 g/mol. The lowest BCUT2D eigenvalue weighted by atomic mass is 10.1. The van der Waals surface area contributed by atoms with E-state index in [-0.39, 0.29) is 17.1 Å². The number of anilines is 2. The van der Waals surface area contributed by atoms with E-state index >= 15 is 0 Å². The molecule has 1 aliphatic heterocycles. The molecule has 13 heteroatoms. The molecule has 3 N–H and O–H groups in total. The highest BCUT2D eigenvalue weighted by molar-refractivity contribution is 6.30. The van der Waals surface area contributed by atoms with Crippen LogP contribution in [0, 0.1) is 6.92 Å². The molecule has 0 atom stereocenters. The van der Waals surface area contributed by atoms with E-state index in [4.69, 9.17) is 11.6 Å². The summed E-state index contributed by atoms with van der Waals surface area (Å²) in [5, 5.41) is 8.28. The van der Waals surface area contributed by atoms with Gasteiger partial charge >= 0.3 is 18.2 Å². The summed E-state index contributed by atoms with van der Waals surface area (Å²) in [6.07, 6.45) is -3.99. The van der Waals surface area contributed by atoms with Crippen molar-refractivity contribution in [2.24, 2.45) is 0 Å². The minimum atomic E-state index is -5.28. The van der Waals surface area contributed by atoms with Crippen molar-refractivity contribution in [1.82, 2.24) is 15.2 Å². The molecule has 0 bridgehead atoms. The molecule has 0 saturated carbocycles. The molecule has 3 rings (SSSR count). The van der Waals surface area contributed by atoms with Crippen LogP contribution in [-0.2, 0) is 4.79 Å². The van der Waals surface area contributed by atoms with Gasteiger partial charge in [-0.3, -0.25) is 4.79 Å². The largest absolute Gasteiger partial charge is 0.491 e. The third-order valence-corrected chi connectivity index (χ3v) is 4.75. The summed E-state index contributed by atoms with van der Waals surface area (Å²) in [7, 11) is 0. The van der Waals surface area contributed by atoms with Crippen LogP contribution in [0.5, 0.6) is 5.75 Å². The number of carbonyl (C=O) groups is 3. The Labute approximate surface area is 191 Å². The molecule has 3 amide bonds. The molecule has 1 aromatic heterocycles. The minimum absolute atomic E-state index is 0.110. The van der Waals surface area contributed by atoms with E-state index in [9.17, 15) is 27.6 Å². The number of aromatic nitrogens is 1. The summed E-state index contributed by atoms with van der Waals surface area (Å²) >= 11 is 5.78. The average molecular weight is 486 g/mol. The smallest absolute Gasteiger partial charge is 0.418 e. The molecular weight excluding hydrogens is 467 g/mol. The molecule has 2 aromatic rings. The molecule has 176 valence electrons. The second kappa shape index (κ2) is 10.0. The summed E-state index contributed by atoms with van der Waals surface area (Å²) in [5.41, 5.74) is -0.289. The van der Waals surface area contributed by atoms with Crippen LogP contribution in [0.4, 0.5) is 29.5 Å². The third-order valence-electron chi connectivity index (χ3n) is 4.53. The van der Waals surface area contributed by atoms with Gasteiger partial charge in [0.25, 0.3) is 5.91 Å². The maximum atomic E-state index is 12.9. The van der Waals surface area contributed by atoms with Crippen molar-refractivity contribution in [3.63, 3.8) is 0 Å². The van der Waals surface area contributed by atoms with E-state index in [0.29, 0.717) is 36.8 Å². The number of aryl methyl sites for hydroxylation is 1. The normalized spacial score (nSPS) is 13.9. The van der Waals surface area contributed by atoms with E-state index in [1.807, 2.05) is 0 Å². The Morgan fingerprint density at radius 1 is 1.15 bits per heavy atom. The first kappa shape index (κ1) is 24.3. The zero-order valence-corrected chi connectivity index (χ0v) is 18.0. The second-order valence-electron chi connectivity index (χ2n) is 7.06. The predicted molar refractivity (Wildman–Crippen MR) is 114 cm³/mol. The van der Waals surface area contributed by atoms with Crippen molar-refractivity contribution < 1.29 is 32.3 Å². The lowest BCUT2D eigenvalue weighted by Crippen LogP contribution is -2.48. The quantitative estimate of drug-likeness (QED) is 0.453. The van der Waals surface area contributed by atoms with Gasteiger partial charge in [0.15, 0.2) is 5.75 Å². The molecule has 9 nitrogen and oxygen atoms in total. The number of piperazine rings is 1. The van der Waals surface area contributed by atoms with Crippen molar-refractivity contribution in [1.29, 1.82) is 0 Å². The first-order valence-electron chi connectivity index (χ1n) is 9.68. The van der Waals surface area contributed by atoms with E-state index in [2.05, 4.69) is 25.7 Å². The number of benzene rings is 1. The third kappa shape index (κ3) is 6.33. The highest BCUT2D eigenvalue weighted by Crippen LogP contribution is 2.33. The number of urea groups is 1. The van der Waals surface area contributed by atoms with Crippen molar-refractivity contribution >= 4 is 41.0 Å². The standard InChI is InChI=1S/C20H19ClF3N5O4/c1-11-8-13(17(30)27-15-3-2-12(21)10-26-15)16(14(9-11)33-18(31)20(22,23)24)28-19(32)29-6-4-25-5-7-29/h2-3,8-10,25H,4-7H2,1H3,(H,28,32)(H,26,27,30). The van der Waals surface area contributed by atoms with Gasteiger partial charge in [-0.05, 0) is 36.8 Å². The summed E-state index contributed by atoms with van der Waals surface area (Å²) in [6, 6.07) is 4.69. The lowest BCUT2D eigenvalue weighted by Gasteiger charge is -2.28. The zero-order chi connectivity index (χ0) is 24.2. The van der Waals surface area contributed by atoms with Crippen LogP contribution in [0.2, 0.25) is 5.02 Å². The predicted octanol–water partition coefficient (Wildman–Crippen LogP) is 3.20. The van der Waals surface area contributed by atoms with Crippen molar-refractivity contribution in [3.05, 3.63) is 46.6 Å². The molecule has 1 fully saturated rings. The highest BCUT2D eigenvalue weighted by Gasteiger charge is 2.42. The Hall–Kier alpha value is -3.38. The number of pyridine rings is 1. The molecule has 0 aliphatic carbocycles. The maximum absolute atomic E-state index is 12.9. The molecule has 0 radical (unpaired) electrons. The Morgan fingerprint density at radius 2 is 1.85 bits per heavy atom. The summed E-state index contributed by atoms with van der Waals surface area (Å²) in [4.78, 5) is 42.5. The van der Waals surface area contributed by atoms with Gasteiger partial charge in [0.1, 0.15) is 5.82 Å². The number of esters is 1. The van der Waals surface area contributed by atoms with Crippen LogP contribution in [0.15, 0.2) is 30.5 Å². The Bertz CT molecular complexity index is 1060. The minimum Gasteiger partial charge on any atom is -0.418 e. The van der Waals surface area contributed by atoms with Gasteiger partial charge in [-0.1, -0.05) is 11.6 Å². The second-order valence-corrected chi connectivity index (χ2v) is 7.49. The Morgan fingerprint density at radius 3 is 2.45 bits per heavy atom. The number of hydrogen-bond donors (Lipinski definition) is 3. The van der Waals surface area contributed by atoms with Crippen LogP contribution in [0.1, 0.15) is 15.9 Å². The fraction of sp³-hybridized carbons (Fsp3) is 0.300. The van der Waals surface area contributed by atoms with Gasteiger partial charge in [-0.15, -0.1) is 0 Å². The van der Waals surface area contributed by atoms with Gasteiger partial charge < -0.3 is 25.6 Å². The fourth-order valence-electron chi connectivity index (χ4n) is 2.99. The van der Waals surface area contributed by atoms with Gasteiger partial charge in [-0.25, -0.2) is 14.6 Å². The number of nitrogens with one attached hydrogen (secondary N) is 3. The van der Waals surface area contributed by atoms with E-state index in [0.717, 1.165) is 6.07 Å². The molecule has 1 aliphatic rings. The number of alkyl halides is 3. The number of ether oxygens (including phenoxy) is 1. The van der Waals surface area contributed by atoms with Crippen LogP contribution < -0.4 is 20.7 Å². The summed E-state index contributed by atoms with van der Waals surface area (Å²) in [5.74, 6) is -3.79. The van der Waals surface area contributed by atoms with Gasteiger partial charge in [-0.2, -0.15) is 13.2 Å². The van der Waals surface area contributed by atoms with Crippen LogP contribution >= 0.6 is 11.6 Å². The molecule has 0 spiro atoms. The summed E-state index contributed by atoms with van der Waals surface area (Å²) < 4.78 is 43.0. The van der Waals surface area contributed by atoms with Crippen molar-refractivity contribution in [2.45, 2.75) is 13.1 Å². The molecule has 1 aromatic carbocycles. The maximum Gasteiger partial charge on any atom is 0.491 e. The molecule has 33 heavy (non-hydrogen) atoms. The van der Waals surface area contributed by atoms with Gasteiger partial charge in [0, 0.05) is 32.4 Å². The van der Waals surface area contributed by atoms with Crippen LogP contribution in [-0.4, -0.2) is 60.1 Å². The number of rotatable bonds is 4. The number of halogens is 4. The first-order valence-corrected chi connectivity index (χ1v) is 10.1.